The first-order chi connectivity index (χ1) is 8.97. The number of aryl methyl sites for hydroxylation is 3. The van der Waals surface area contributed by atoms with Crippen molar-refractivity contribution in [2.45, 2.75) is 33.2 Å². The molecule has 0 aliphatic rings. The fourth-order valence-electron chi connectivity index (χ4n) is 2.19. The van der Waals surface area contributed by atoms with Gasteiger partial charge in [-0.05, 0) is 55.5 Å². The van der Waals surface area contributed by atoms with Gasteiger partial charge in [-0.2, -0.15) is 0 Å². The Bertz CT molecular complexity index is 591. The second-order valence-corrected chi connectivity index (χ2v) is 5.22. The summed E-state index contributed by atoms with van der Waals surface area (Å²) in [6.07, 6.45) is 2.54. The first-order valence-corrected chi connectivity index (χ1v) is 6.51. The SMILES string of the molecule is Cc1cnc(N)c(C(N)Cc2ccc(C)c(C)c2)c1. The van der Waals surface area contributed by atoms with Crippen LogP contribution in [0.2, 0.25) is 0 Å². The van der Waals surface area contributed by atoms with Crippen LogP contribution in [0, 0.1) is 20.8 Å². The molecule has 1 heterocycles. The molecule has 0 bridgehead atoms. The van der Waals surface area contributed by atoms with Crippen molar-refractivity contribution in [3.8, 4) is 0 Å². The van der Waals surface area contributed by atoms with Gasteiger partial charge in [-0.25, -0.2) is 4.98 Å². The van der Waals surface area contributed by atoms with E-state index < -0.39 is 0 Å². The average molecular weight is 255 g/mol. The summed E-state index contributed by atoms with van der Waals surface area (Å²) in [5.41, 5.74) is 18.0. The van der Waals surface area contributed by atoms with Crippen molar-refractivity contribution in [3.05, 3.63) is 58.3 Å². The Morgan fingerprint density at radius 3 is 2.53 bits per heavy atom. The van der Waals surface area contributed by atoms with Crippen molar-refractivity contribution < 1.29 is 0 Å². The second-order valence-electron chi connectivity index (χ2n) is 5.22. The lowest BCUT2D eigenvalue weighted by molar-refractivity contribution is 0.719. The van der Waals surface area contributed by atoms with Crippen LogP contribution in [0.5, 0.6) is 0 Å². The number of anilines is 1. The van der Waals surface area contributed by atoms with Crippen LogP contribution in [0.25, 0.3) is 0 Å². The quantitative estimate of drug-likeness (QED) is 0.886. The number of hydrogen-bond donors (Lipinski definition) is 2. The number of nitrogen functional groups attached to an aromatic ring is 1. The zero-order valence-corrected chi connectivity index (χ0v) is 11.8. The monoisotopic (exact) mass is 255 g/mol. The first kappa shape index (κ1) is 13.6. The van der Waals surface area contributed by atoms with Crippen molar-refractivity contribution in [1.29, 1.82) is 0 Å². The van der Waals surface area contributed by atoms with E-state index >= 15 is 0 Å². The van der Waals surface area contributed by atoms with Crippen molar-refractivity contribution in [2.24, 2.45) is 5.73 Å². The van der Waals surface area contributed by atoms with Gasteiger partial charge in [-0.3, -0.25) is 0 Å². The highest BCUT2D eigenvalue weighted by molar-refractivity contribution is 5.43. The molecule has 2 aromatic rings. The maximum Gasteiger partial charge on any atom is 0.128 e. The summed E-state index contributed by atoms with van der Waals surface area (Å²) in [5.74, 6) is 0.530. The minimum absolute atomic E-state index is 0.116. The second kappa shape index (κ2) is 5.41. The third kappa shape index (κ3) is 3.12. The number of rotatable bonds is 3. The highest BCUT2D eigenvalue weighted by Crippen LogP contribution is 2.22. The largest absolute Gasteiger partial charge is 0.383 e. The number of benzene rings is 1. The molecule has 0 aliphatic carbocycles. The summed E-state index contributed by atoms with van der Waals surface area (Å²) in [7, 11) is 0. The molecule has 0 radical (unpaired) electrons. The van der Waals surface area contributed by atoms with Crippen LogP contribution in [0.1, 0.15) is 33.9 Å². The van der Waals surface area contributed by atoms with Gasteiger partial charge in [0.05, 0.1) is 0 Å². The zero-order valence-electron chi connectivity index (χ0n) is 11.8. The number of nitrogens with zero attached hydrogens (tertiary/aromatic N) is 1. The number of hydrogen-bond acceptors (Lipinski definition) is 3. The van der Waals surface area contributed by atoms with E-state index in [2.05, 4.69) is 37.0 Å². The summed E-state index contributed by atoms with van der Waals surface area (Å²) in [5, 5.41) is 0. The Morgan fingerprint density at radius 2 is 1.84 bits per heavy atom. The Kier molecular flexibility index (Phi) is 3.86. The minimum Gasteiger partial charge on any atom is -0.383 e. The standard InChI is InChI=1S/C16H21N3/c1-10-6-14(16(18)19-9-10)15(17)8-13-5-4-11(2)12(3)7-13/h4-7,9,15H,8,17H2,1-3H3,(H2,18,19). The van der Waals surface area contributed by atoms with Gasteiger partial charge in [-0.1, -0.05) is 18.2 Å². The maximum absolute atomic E-state index is 6.26. The van der Waals surface area contributed by atoms with Gasteiger partial charge < -0.3 is 11.5 Å². The molecular formula is C16H21N3. The van der Waals surface area contributed by atoms with Gasteiger partial charge in [0.2, 0.25) is 0 Å². The summed E-state index contributed by atoms with van der Waals surface area (Å²) < 4.78 is 0. The Morgan fingerprint density at radius 1 is 1.11 bits per heavy atom. The summed E-state index contributed by atoms with van der Waals surface area (Å²) in [4.78, 5) is 4.17. The molecule has 2 rings (SSSR count). The normalized spacial score (nSPS) is 12.4. The smallest absolute Gasteiger partial charge is 0.128 e. The average Bonchev–Trinajstić information content (AvgIpc) is 2.36. The molecule has 1 aromatic carbocycles. The molecule has 0 spiro atoms. The van der Waals surface area contributed by atoms with E-state index in [-0.39, 0.29) is 6.04 Å². The van der Waals surface area contributed by atoms with Crippen molar-refractivity contribution in [1.82, 2.24) is 4.98 Å². The molecule has 0 saturated carbocycles. The molecule has 0 amide bonds. The fraction of sp³-hybridized carbons (Fsp3) is 0.312. The molecule has 3 heteroatoms. The van der Waals surface area contributed by atoms with Gasteiger partial charge in [-0.15, -0.1) is 0 Å². The van der Waals surface area contributed by atoms with Crippen LogP contribution >= 0.6 is 0 Å². The lowest BCUT2D eigenvalue weighted by Gasteiger charge is -2.15. The predicted octanol–water partition coefficient (Wildman–Crippen LogP) is 2.83. The summed E-state index contributed by atoms with van der Waals surface area (Å²) >= 11 is 0. The summed E-state index contributed by atoms with van der Waals surface area (Å²) in [6, 6.07) is 8.36. The van der Waals surface area contributed by atoms with Crippen molar-refractivity contribution >= 4 is 5.82 Å². The molecule has 1 aromatic heterocycles. The molecule has 4 N–H and O–H groups in total. The topological polar surface area (TPSA) is 64.9 Å². The van der Waals surface area contributed by atoms with Gasteiger partial charge in [0.25, 0.3) is 0 Å². The van der Waals surface area contributed by atoms with Crippen LogP contribution in [0.15, 0.2) is 30.5 Å². The zero-order chi connectivity index (χ0) is 14.0. The van der Waals surface area contributed by atoms with E-state index in [4.69, 9.17) is 11.5 Å². The lowest BCUT2D eigenvalue weighted by Crippen LogP contribution is -2.16. The molecule has 0 saturated heterocycles. The van der Waals surface area contributed by atoms with Gasteiger partial charge in [0.15, 0.2) is 0 Å². The van der Waals surface area contributed by atoms with E-state index in [1.807, 2.05) is 13.0 Å². The molecule has 0 fully saturated rings. The van der Waals surface area contributed by atoms with E-state index in [1.54, 1.807) is 6.20 Å². The Hall–Kier alpha value is -1.87. The molecule has 100 valence electrons. The first-order valence-electron chi connectivity index (χ1n) is 6.51. The molecule has 0 aliphatic heterocycles. The highest BCUT2D eigenvalue weighted by atomic mass is 14.8. The third-order valence-corrected chi connectivity index (χ3v) is 3.51. The van der Waals surface area contributed by atoms with Crippen molar-refractivity contribution in [3.63, 3.8) is 0 Å². The third-order valence-electron chi connectivity index (χ3n) is 3.51. The van der Waals surface area contributed by atoms with Crippen molar-refractivity contribution in [2.75, 3.05) is 5.73 Å². The lowest BCUT2D eigenvalue weighted by atomic mass is 9.97. The van der Waals surface area contributed by atoms with Gasteiger partial charge in [0, 0.05) is 17.8 Å². The van der Waals surface area contributed by atoms with Gasteiger partial charge in [0.1, 0.15) is 5.82 Å². The van der Waals surface area contributed by atoms with E-state index in [0.29, 0.717) is 5.82 Å². The maximum atomic E-state index is 6.26. The van der Waals surface area contributed by atoms with Crippen LogP contribution in [0.4, 0.5) is 5.82 Å². The fourth-order valence-corrected chi connectivity index (χ4v) is 2.19. The van der Waals surface area contributed by atoms with Crippen LogP contribution in [0.3, 0.4) is 0 Å². The molecular weight excluding hydrogens is 234 g/mol. The minimum atomic E-state index is -0.116. The highest BCUT2D eigenvalue weighted by Gasteiger charge is 2.12. The van der Waals surface area contributed by atoms with Gasteiger partial charge >= 0.3 is 0 Å². The molecule has 19 heavy (non-hydrogen) atoms. The molecule has 3 nitrogen and oxygen atoms in total. The number of nitrogens with two attached hydrogens (primary N) is 2. The number of aromatic nitrogens is 1. The molecule has 1 unspecified atom stereocenters. The van der Waals surface area contributed by atoms with Crippen LogP contribution in [-0.2, 0) is 6.42 Å². The van der Waals surface area contributed by atoms with E-state index in [1.165, 1.54) is 16.7 Å². The number of pyridine rings is 1. The van der Waals surface area contributed by atoms with Crippen LogP contribution in [-0.4, -0.2) is 4.98 Å². The van der Waals surface area contributed by atoms with E-state index in [0.717, 1.165) is 17.5 Å². The van der Waals surface area contributed by atoms with E-state index in [9.17, 15) is 0 Å². The Labute approximate surface area is 114 Å². The predicted molar refractivity (Wildman–Crippen MR) is 79.9 cm³/mol. The Balaban J connectivity index is 2.22. The molecule has 1 atom stereocenters. The van der Waals surface area contributed by atoms with Crippen LogP contribution < -0.4 is 11.5 Å². The summed E-state index contributed by atoms with van der Waals surface area (Å²) in [6.45, 7) is 6.23.